The van der Waals surface area contributed by atoms with Gasteiger partial charge in [0.1, 0.15) is 17.5 Å². The van der Waals surface area contributed by atoms with Crippen LogP contribution in [0.4, 0.5) is 4.79 Å². The van der Waals surface area contributed by atoms with Gasteiger partial charge in [-0.2, -0.15) is 0 Å². The number of carbonyl (C=O) groups is 2. The molecule has 204 valence electrons. The number of nitrogens with zero attached hydrogens (tertiary/aromatic N) is 1. The van der Waals surface area contributed by atoms with Gasteiger partial charge in [0.25, 0.3) is 0 Å². The van der Waals surface area contributed by atoms with Crippen molar-refractivity contribution in [1.82, 2.24) is 4.90 Å². The molecule has 5 rings (SSSR count). The molecule has 1 aromatic rings. The predicted octanol–water partition coefficient (Wildman–Crippen LogP) is 4.30. The quantitative estimate of drug-likeness (QED) is 0.584. The first-order valence-corrected chi connectivity index (χ1v) is 13.7. The number of piperidine rings is 1. The van der Waals surface area contributed by atoms with Crippen molar-refractivity contribution in [1.29, 1.82) is 0 Å². The molecule has 37 heavy (non-hydrogen) atoms. The van der Waals surface area contributed by atoms with Crippen LogP contribution in [0, 0.1) is 29.6 Å². The molecule has 3 aliphatic heterocycles. The van der Waals surface area contributed by atoms with Crippen molar-refractivity contribution in [2.75, 3.05) is 33.4 Å². The van der Waals surface area contributed by atoms with Crippen LogP contribution in [0.1, 0.15) is 70.1 Å². The molecule has 2 saturated heterocycles. The van der Waals surface area contributed by atoms with Gasteiger partial charge in [0, 0.05) is 42.8 Å². The van der Waals surface area contributed by atoms with Gasteiger partial charge in [-0.3, -0.25) is 4.79 Å². The minimum atomic E-state index is -0.620. The number of esters is 1. The Balaban J connectivity index is 1.35. The Kier molecular flexibility index (Phi) is 7.18. The zero-order valence-corrected chi connectivity index (χ0v) is 22.6. The number of aliphatic hydroxyl groups is 1. The molecule has 0 unspecified atom stereocenters. The first-order valence-electron chi connectivity index (χ1n) is 13.7. The first kappa shape index (κ1) is 26.3. The highest BCUT2D eigenvalue weighted by Crippen LogP contribution is 2.50. The second kappa shape index (κ2) is 10.1. The van der Waals surface area contributed by atoms with Crippen LogP contribution in [0.25, 0.3) is 0 Å². The highest BCUT2D eigenvalue weighted by atomic mass is 16.6. The smallest absolute Gasteiger partial charge is 0.410 e. The molecule has 0 spiro atoms. The van der Waals surface area contributed by atoms with Gasteiger partial charge in [0.05, 0.1) is 32.3 Å². The number of amides is 1. The number of fused-ring (bicyclic) bond motifs is 3. The fraction of sp³-hybridized carbons (Fsp3) is 0.724. The second-order valence-electron chi connectivity index (χ2n) is 12.4. The third-order valence-corrected chi connectivity index (χ3v) is 8.50. The molecule has 1 aromatic carbocycles. The Labute approximate surface area is 219 Å². The SMILES string of the molecule is COC(=O)[C@@H](C)[C@H](c1ccc2c(c1)O[C@H](C1[C@@H]3COC[C@@H]1CN(C(=O)OC(C)(C)C)C3)C[C@@H]2O)C1CC1. The Hall–Kier alpha value is -2.32. The van der Waals surface area contributed by atoms with Crippen molar-refractivity contribution in [3.05, 3.63) is 29.3 Å². The topological polar surface area (TPSA) is 94.5 Å². The van der Waals surface area contributed by atoms with E-state index in [1.54, 1.807) is 4.90 Å². The normalized spacial score (nSPS) is 31.0. The minimum absolute atomic E-state index is 0.0729. The van der Waals surface area contributed by atoms with Crippen LogP contribution in [0.5, 0.6) is 5.75 Å². The van der Waals surface area contributed by atoms with Crippen LogP contribution >= 0.6 is 0 Å². The monoisotopic (exact) mass is 515 g/mol. The van der Waals surface area contributed by atoms with Gasteiger partial charge in [-0.1, -0.05) is 19.1 Å². The molecular weight excluding hydrogens is 474 g/mol. The molecule has 1 aliphatic carbocycles. The van der Waals surface area contributed by atoms with Gasteiger partial charge < -0.3 is 29.0 Å². The summed E-state index contributed by atoms with van der Waals surface area (Å²) in [6, 6.07) is 6.03. The van der Waals surface area contributed by atoms with Crippen LogP contribution in [-0.4, -0.2) is 67.2 Å². The van der Waals surface area contributed by atoms with Crippen LogP contribution in [-0.2, 0) is 19.0 Å². The molecule has 8 nitrogen and oxygen atoms in total. The fourth-order valence-electron chi connectivity index (χ4n) is 6.74. The number of methoxy groups -OCH3 is 1. The van der Waals surface area contributed by atoms with E-state index in [9.17, 15) is 14.7 Å². The number of hydrogen-bond acceptors (Lipinski definition) is 7. The molecule has 3 heterocycles. The molecule has 8 heteroatoms. The Morgan fingerprint density at radius 2 is 1.81 bits per heavy atom. The number of benzene rings is 1. The van der Waals surface area contributed by atoms with E-state index in [-0.39, 0.29) is 47.8 Å². The fourth-order valence-corrected chi connectivity index (χ4v) is 6.74. The lowest BCUT2D eigenvalue weighted by Gasteiger charge is -2.50. The largest absolute Gasteiger partial charge is 0.490 e. The van der Waals surface area contributed by atoms with E-state index in [1.807, 2.05) is 45.9 Å². The lowest BCUT2D eigenvalue weighted by molar-refractivity contribution is -0.145. The summed E-state index contributed by atoms with van der Waals surface area (Å²) in [6.45, 7) is 9.80. The number of rotatable bonds is 5. The molecule has 4 aliphatic rings. The second-order valence-corrected chi connectivity index (χ2v) is 12.4. The van der Waals surface area contributed by atoms with Gasteiger partial charge in [0.15, 0.2) is 0 Å². The number of hydrogen-bond donors (Lipinski definition) is 1. The van der Waals surface area contributed by atoms with Crippen molar-refractivity contribution < 1.29 is 33.6 Å². The molecular formula is C29H41NO7. The Morgan fingerprint density at radius 3 is 2.41 bits per heavy atom. The summed E-state index contributed by atoms with van der Waals surface area (Å²) < 4.78 is 23.2. The first-order chi connectivity index (χ1) is 17.6. The third-order valence-electron chi connectivity index (χ3n) is 8.50. The van der Waals surface area contributed by atoms with E-state index in [2.05, 4.69) is 0 Å². The number of carbonyl (C=O) groups excluding carboxylic acids is 2. The zero-order chi connectivity index (χ0) is 26.5. The van der Waals surface area contributed by atoms with E-state index in [0.29, 0.717) is 44.4 Å². The van der Waals surface area contributed by atoms with Gasteiger partial charge in [-0.25, -0.2) is 4.79 Å². The molecule has 1 saturated carbocycles. The van der Waals surface area contributed by atoms with Crippen molar-refractivity contribution in [2.24, 2.45) is 29.6 Å². The van der Waals surface area contributed by atoms with E-state index in [0.717, 1.165) is 24.0 Å². The maximum absolute atomic E-state index is 12.8. The highest BCUT2D eigenvalue weighted by molar-refractivity contribution is 5.73. The van der Waals surface area contributed by atoms with Gasteiger partial charge >= 0.3 is 12.1 Å². The highest BCUT2D eigenvalue weighted by Gasteiger charge is 2.49. The van der Waals surface area contributed by atoms with Crippen LogP contribution < -0.4 is 4.74 Å². The molecule has 0 radical (unpaired) electrons. The summed E-state index contributed by atoms with van der Waals surface area (Å²) in [5.74, 6) is 1.20. The lowest BCUT2D eigenvalue weighted by Crippen LogP contribution is -2.59. The van der Waals surface area contributed by atoms with Gasteiger partial charge in [-0.05, 0) is 57.1 Å². The molecule has 3 fully saturated rings. The van der Waals surface area contributed by atoms with E-state index >= 15 is 0 Å². The van der Waals surface area contributed by atoms with Crippen molar-refractivity contribution in [3.8, 4) is 5.75 Å². The summed E-state index contributed by atoms with van der Waals surface area (Å²) in [4.78, 5) is 27.0. The molecule has 2 bridgehead atoms. The van der Waals surface area contributed by atoms with Crippen molar-refractivity contribution in [2.45, 2.75) is 70.7 Å². The molecule has 1 amide bonds. The van der Waals surface area contributed by atoms with E-state index < -0.39 is 11.7 Å². The minimum Gasteiger partial charge on any atom is -0.490 e. The maximum Gasteiger partial charge on any atom is 0.410 e. The van der Waals surface area contributed by atoms with Crippen molar-refractivity contribution in [3.63, 3.8) is 0 Å². The van der Waals surface area contributed by atoms with Crippen LogP contribution in [0.15, 0.2) is 18.2 Å². The average molecular weight is 516 g/mol. The van der Waals surface area contributed by atoms with E-state index in [1.165, 1.54) is 7.11 Å². The zero-order valence-electron chi connectivity index (χ0n) is 22.6. The molecule has 6 atom stereocenters. The summed E-state index contributed by atoms with van der Waals surface area (Å²) in [7, 11) is 1.44. The molecule has 0 aromatic heterocycles. The lowest BCUT2D eigenvalue weighted by atomic mass is 9.71. The number of likely N-dealkylation sites (tertiary alicyclic amines) is 1. The van der Waals surface area contributed by atoms with E-state index in [4.69, 9.17) is 18.9 Å². The van der Waals surface area contributed by atoms with Crippen molar-refractivity contribution >= 4 is 12.1 Å². The van der Waals surface area contributed by atoms with Gasteiger partial charge in [0.2, 0.25) is 0 Å². The summed E-state index contributed by atoms with van der Waals surface area (Å²) in [6.07, 6.45) is 1.65. The Morgan fingerprint density at radius 1 is 1.14 bits per heavy atom. The maximum atomic E-state index is 12.8. The molecule has 1 N–H and O–H groups in total. The standard InChI is InChI=1S/C29H41NO7/c1-16(27(32)34-5)25(17-6-7-17)18-8-9-21-22(31)11-24(36-23(21)10-18)26-19-12-30(13-20(26)15-35-14-19)28(33)37-29(2,3)4/h8-10,16-17,19-20,22,24-26,31H,6-7,11-15H2,1-5H3/t16-,19-,20-,22-,24-,25-/m0/s1. The number of ether oxygens (including phenoxy) is 4. The predicted molar refractivity (Wildman–Crippen MR) is 136 cm³/mol. The number of aliphatic hydroxyl groups excluding tert-OH is 1. The Bertz CT molecular complexity index is 1000. The summed E-state index contributed by atoms with van der Waals surface area (Å²) in [5.41, 5.74) is 1.32. The average Bonchev–Trinajstić information content (AvgIpc) is 3.66. The van der Waals surface area contributed by atoms with Crippen LogP contribution in [0.2, 0.25) is 0 Å². The summed E-state index contributed by atoms with van der Waals surface area (Å²) >= 11 is 0. The van der Waals surface area contributed by atoms with Gasteiger partial charge in [-0.15, -0.1) is 0 Å². The summed E-state index contributed by atoms with van der Waals surface area (Å²) in [5, 5.41) is 11.1. The third kappa shape index (κ3) is 5.46. The van der Waals surface area contributed by atoms with Crippen LogP contribution in [0.3, 0.4) is 0 Å².